The van der Waals surface area contributed by atoms with Gasteiger partial charge in [0.1, 0.15) is 11.6 Å². The number of ether oxygens (including phenoxy) is 2. The molecule has 0 aromatic heterocycles. The summed E-state index contributed by atoms with van der Waals surface area (Å²) >= 11 is 0. The first-order valence-electron chi connectivity index (χ1n) is 6.21. The van der Waals surface area contributed by atoms with E-state index in [0.717, 1.165) is 12.1 Å². The van der Waals surface area contributed by atoms with Gasteiger partial charge in [-0.15, -0.1) is 0 Å². The minimum absolute atomic E-state index is 0.223. The van der Waals surface area contributed by atoms with Gasteiger partial charge in [-0.2, -0.15) is 0 Å². The van der Waals surface area contributed by atoms with Gasteiger partial charge in [-0.1, -0.05) is 13.8 Å². The third-order valence-corrected chi connectivity index (χ3v) is 2.40. The highest BCUT2D eigenvalue weighted by Crippen LogP contribution is 2.16. The Labute approximate surface area is 112 Å². The zero-order valence-electron chi connectivity index (χ0n) is 11.5. The van der Waals surface area contributed by atoms with Gasteiger partial charge in [-0.3, -0.25) is 0 Å². The highest BCUT2D eigenvalue weighted by Gasteiger charge is 2.05. The Bertz CT molecular complexity index is 421. The maximum absolute atomic E-state index is 13.4. The smallest absolute Gasteiger partial charge is 0.343 e. The first-order valence-corrected chi connectivity index (χ1v) is 6.21. The van der Waals surface area contributed by atoms with Crippen LogP contribution in [0.5, 0.6) is 5.75 Å². The van der Waals surface area contributed by atoms with E-state index in [4.69, 9.17) is 4.74 Å². The van der Waals surface area contributed by atoms with Gasteiger partial charge in [-0.25, -0.2) is 9.18 Å². The second kappa shape index (κ2) is 7.74. The molecule has 0 aliphatic carbocycles. The summed E-state index contributed by atoms with van der Waals surface area (Å²) in [6, 6.07) is 4.40. The molecule has 1 aromatic carbocycles. The van der Waals surface area contributed by atoms with Gasteiger partial charge in [0.05, 0.1) is 7.11 Å². The van der Waals surface area contributed by atoms with Crippen molar-refractivity contribution in [3.8, 4) is 5.75 Å². The summed E-state index contributed by atoms with van der Waals surface area (Å²) in [6.45, 7) is 5.39. The van der Waals surface area contributed by atoms with Crippen LogP contribution in [0.3, 0.4) is 0 Å². The lowest BCUT2D eigenvalue weighted by Gasteiger charge is -2.10. The van der Waals surface area contributed by atoms with E-state index in [1.807, 2.05) is 0 Å². The Hall–Kier alpha value is -1.62. The van der Waals surface area contributed by atoms with E-state index in [2.05, 4.69) is 23.9 Å². The Morgan fingerprint density at radius 1 is 1.37 bits per heavy atom. The Balaban J connectivity index is 2.58. The van der Waals surface area contributed by atoms with Gasteiger partial charge in [-0.05, 0) is 30.2 Å². The molecule has 0 saturated carbocycles. The fraction of sp³-hybridized carbons (Fsp3) is 0.500. The van der Waals surface area contributed by atoms with Crippen LogP contribution in [0.2, 0.25) is 0 Å². The Morgan fingerprint density at radius 3 is 2.74 bits per heavy atom. The molecule has 1 N–H and O–H groups in total. The number of benzene rings is 1. The number of hydrogen-bond donors (Lipinski definition) is 1. The zero-order valence-corrected chi connectivity index (χ0v) is 11.5. The maximum Gasteiger partial charge on any atom is 0.343 e. The van der Waals surface area contributed by atoms with Crippen molar-refractivity contribution in [1.82, 2.24) is 5.32 Å². The molecule has 0 radical (unpaired) electrons. The average molecular weight is 269 g/mol. The molecule has 0 bridgehead atoms. The predicted molar refractivity (Wildman–Crippen MR) is 70.5 cm³/mol. The number of nitrogens with one attached hydrogen (secondary N) is 1. The summed E-state index contributed by atoms with van der Waals surface area (Å²) in [4.78, 5) is 10.9. The first-order chi connectivity index (χ1) is 9.01. The van der Waals surface area contributed by atoms with Crippen LogP contribution in [0.25, 0.3) is 0 Å². The van der Waals surface area contributed by atoms with E-state index < -0.39 is 5.97 Å². The molecule has 5 heteroatoms. The van der Waals surface area contributed by atoms with Crippen molar-refractivity contribution in [3.63, 3.8) is 0 Å². The van der Waals surface area contributed by atoms with Gasteiger partial charge in [0.2, 0.25) is 0 Å². The third-order valence-electron chi connectivity index (χ3n) is 2.40. The van der Waals surface area contributed by atoms with Crippen LogP contribution in [0.15, 0.2) is 18.2 Å². The van der Waals surface area contributed by atoms with Crippen molar-refractivity contribution in [2.45, 2.75) is 20.4 Å². The number of hydrogen-bond acceptors (Lipinski definition) is 4. The van der Waals surface area contributed by atoms with Crippen LogP contribution in [0.1, 0.15) is 19.4 Å². The number of methoxy groups -OCH3 is 1. The van der Waals surface area contributed by atoms with E-state index in [0.29, 0.717) is 18.2 Å². The average Bonchev–Trinajstić information content (AvgIpc) is 2.35. The van der Waals surface area contributed by atoms with Gasteiger partial charge >= 0.3 is 5.97 Å². The molecular formula is C14H20FNO3. The van der Waals surface area contributed by atoms with E-state index in [1.54, 1.807) is 6.07 Å². The molecule has 19 heavy (non-hydrogen) atoms. The van der Waals surface area contributed by atoms with Crippen LogP contribution < -0.4 is 10.1 Å². The molecule has 0 spiro atoms. The summed E-state index contributed by atoms with van der Waals surface area (Å²) in [5, 5.41) is 3.22. The molecular weight excluding hydrogens is 249 g/mol. The third kappa shape index (κ3) is 6.20. The molecule has 0 unspecified atom stereocenters. The molecule has 1 aromatic rings. The lowest BCUT2D eigenvalue weighted by molar-refractivity contribution is -0.142. The number of esters is 1. The zero-order chi connectivity index (χ0) is 14.3. The van der Waals surface area contributed by atoms with Gasteiger partial charge < -0.3 is 14.8 Å². The summed E-state index contributed by atoms with van der Waals surface area (Å²) in [5.41, 5.74) is 0.778. The molecule has 1 rings (SSSR count). The largest absolute Gasteiger partial charge is 0.482 e. The minimum atomic E-state index is -0.497. The van der Waals surface area contributed by atoms with Crippen LogP contribution >= 0.6 is 0 Å². The fourth-order valence-electron chi connectivity index (χ4n) is 1.51. The second-order valence-electron chi connectivity index (χ2n) is 4.68. The van der Waals surface area contributed by atoms with Crippen LogP contribution in [-0.4, -0.2) is 26.2 Å². The van der Waals surface area contributed by atoms with Crippen molar-refractivity contribution in [1.29, 1.82) is 0 Å². The summed E-state index contributed by atoms with van der Waals surface area (Å²) < 4.78 is 23.0. The SMILES string of the molecule is COC(=O)COc1cc(F)cc(CNCC(C)C)c1. The molecule has 0 aliphatic rings. The Kier molecular flexibility index (Phi) is 6.29. The Morgan fingerprint density at radius 2 is 2.11 bits per heavy atom. The monoisotopic (exact) mass is 269 g/mol. The van der Waals surface area contributed by atoms with E-state index in [1.165, 1.54) is 19.2 Å². The number of carbonyl (C=O) groups excluding carboxylic acids is 1. The second-order valence-corrected chi connectivity index (χ2v) is 4.68. The van der Waals surface area contributed by atoms with E-state index in [-0.39, 0.29) is 12.4 Å². The van der Waals surface area contributed by atoms with Crippen LogP contribution in [-0.2, 0) is 16.1 Å². The summed E-state index contributed by atoms with van der Waals surface area (Å²) in [5.74, 6) is -0.0252. The summed E-state index contributed by atoms with van der Waals surface area (Å²) in [7, 11) is 1.28. The molecule has 0 aliphatic heterocycles. The van der Waals surface area contributed by atoms with Crippen molar-refractivity contribution in [2.75, 3.05) is 20.3 Å². The van der Waals surface area contributed by atoms with Gasteiger partial charge in [0.15, 0.2) is 6.61 Å². The maximum atomic E-state index is 13.4. The topological polar surface area (TPSA) is 47.6 Å². The lowest BCUT2D eigenvalue weighted by atomic mass is 10.2. The van der Waals surface area contributed by atoms with E-state index in [9.17, 15) is 9.18 Å². The predicted octanol–water partition coefficient (Wildman–Crippen LogP) is 2.12. The number of rotatable bonds is 7. The van der Waals surface area contributed by atoms with Crippen molar-refractivity contribution in [3.05, 3.63) is 29.6 Å². The molecule has 0 amide bonds. The molecule has 0 heterocycles. The van der Waals surface area contributed by atoms with E-state index >= 15 is 0 Å². The number of carbonyl (C=O) groups is 1. The lowest BCUT2D eigenvalue weighted by Crippen LogP contribution is -2.19. The fourth-order valence-corrected chi connectivity index (χ4v) is 1.51. The normalized spacial score (nSPS) is 10.6. The first kappa shape index (κ1) is 15.4. The van der Waals surface area contributed by atoms with Crippen molar-refractivity contribution in [2.24, 2.45) is 5.92 Å². The van der Waals surface area contributed by atoms with Gasteiger partial charge in [0, 0.05) is 12.6 Å². The highest BCUT2D eigenvalue weighted by molar-refractivity contribution is 5.70. The highest BCUT2D eigenvalue weighted by atomic mass is 19.1. The summed E-state index contributed by atoms with van der Waals surface area (Å²) in [6.07, 6.45) is 0. The quantitative estimate of drug-likeness (QED) is 0.770. The van der Waals surface area contributed by atoms with Crippen LogP contribution in [0, 0.1) is 11.7 Å². The minimum Gasteiger partial charge on any atom is -0.482 e. The molecule has 106 valence electrons. The molecule has 0 atom stereocenters. The van der Waals surface area contributed by atoms with Gasteiger partial charge in [0.25, 0.3) is 0 Å². The molecule has 0 saturated heterocycles. The van der Waals surface area contributed by atoms with Crippen LogP contribution in [0.4, 0.5) is 4.39 Å². The van der Waals surface area contributed by atoms with Crippen molar-refractivity contribution < 1.29 is 18.7 Å². The molecule has 0 fully saturated rings. The molecule has 4 nitrogen and oxygen atoms in total. The van der Waals surface area contributed by atoms with Crippen molar-refractivity contribution >= 4 is 5.97 Å². The standard InChI is InChI=1S/C14H20FNO3/c1-10(2)7-16-8-11-4-12(15)6-13(5-11)19-9-14(17)18-3/h4-6,10,16H,7-9H2,1-3H3. The number of halogens is 1.